The van der Waals surface area contributed by atoms with E-state index in [2.05, 4.69) is 23.6 Å². The van der Waals surface area contributed by atoms with E-state index >= 15 is 0 Å². The number of carbonyl (C=O) groups is 3. The molecule has 0 spiro atoms. The van der Waals surface area contributed by atoms with Crippen molar-refractivity contribution in [2.45, 2.75) is 38.8 Å². The van der Waals surface area contributed by atoms with Crippen LogP contribution in [0.4, 0.5) is 0 Å². The first kappa shape index (κ1) is 16.0. The molecule has 130 valence electrons. The van der Waals surface area contributed by atoms with Crippen LogP contribution in [-0.2, 0) is 16.1 Å². The summed E-state index contributed by atoms with van der Waals surface area (Å²) >= 11 is 0. The summed E-state index contributed by atoms with van der Waals surface area (Å²) in [7, 11) is 0. The van der Waals surface area contributed by atoms with Crippen LogP contribution < -0.4 is 10.6 Å². The molecule has 25 heavy (non-hydrogen) atoms. The molecule has 1 aromatic carbocycles. The summed E-state index contributed by atoms with van der Waals surface area (Å²) < 4.78 is 0. The van der Waals surface area contributed by atoms with E-state index in [0.29, 0.717) is 18.5 Å². The lowest BCUT2D eigenvalue weighted by atomic mass is 9.91. The molecule has 0 radical (unpaired) electrons. The van der Waals surface area contributed by atoms with Gasteiger partial charge in [0.05, 0.1) is 0 Å². The second kappa shape index (κ2) is 6.11. The van der Waals surface area contributed by atoms with Crippen molar-refractivity contribution in [2.75, 3.05) is 13.1 Å². The molecule has 3 aliphatic rings. The van der Waals surface area contributed by atoms with Crippen LogP contribution in [0, 0.1) is 6.92 Å². The van der Waals surface area contributed by atoms with E-state index in [0.717, 1.165) is 30.6 Å². The molecule has 1 aromatic rings. The fourth-order valence-corrected chi connectivity index (χ4v) is 4.00. The number of nitrogens with zero attached hydrogens (tertiary/aromatic N) is 1. The molecule has 0 bridgehead atoms. The predicted octanol–water partition coefficient (Wildman–Crippen LogP) is 1.13. The van der Waals surface area contributed by atoms with Crippen LogP contribution in [0.25, 0.3) is 5.57 Å². The Morgan fingerprint density at radius 2 is 1.92 bits per heavy atom. The van der Waals surface area contributed by atoms with Gasteiger partial charge in [-0.25, -0.2) is 0 Å². The highest BCUT2D eigenvalue weighted by Gasteiger charge is 2.39. The zero-order valence-electron chi connectivity index (χ0n) is 14.2. The van der Waals surface area contributed by atoms with E-state index in [1.165, 1.54) is 11.1 Å². The molecule has 6 heteroatoms. The van der Waals surface area contributed by atoms with Gasteiger partial charge in [-0.2, -0.15) is 0 Å². The van der Waals surface area contributed by atoms with Crippen LogP contribution >= 0.6 is 0 Å². The SMILES string of the molecule is Cc1c(C2=CCNCC2)ccc2c1CN(C1CCC(=O)NC1=O)C2=O. The van der Waals surface area contributed by atoms with Gasteiger partial charge in [-0.15, -0.1) is 0 Å². The van der Waals surface area contributed by atoms with Gasteiger partial charge in [0.2, 0.25) is 11.8 Å². The highest BCUT2D eigenvalue weighted by Crippen LogP contribution is 2.34. The number of fused-ring (bicyclic) bond motifs is 1. The van der Waals surface area contributed by atoms with Gasteiger partial charge in [0, 0.05) is 25.1 Å². The van der Waals surface area contributed by atoms with Crippen molar-refractivity contribution in [3.8, 4) is 0 Å². The molecule has 6 nitrogen and oxygen atoms in total. The maximum Gasteiger partial charge on any atom is 0.255 e. The Kier molecular flexibility index (Phi) is 3.92. The first-order chi connectivity index (χ1) is 12.1. The van der Waals surface area contributed by atoms with Gasteiger partial charge in [-0.3, -0.25) is 19.7 Å². The van der Waals surface area contributed by atoms with Gasteiger partial charge in [-0.1, -0.05) is 12.1 Å². The molecule has 0 aromatic heterocycles. The van der Waals surface area contributed by atoms with Crippen LogP contribution in [0.15, 0.2) is 18.2 Å². The van der Waals surface area contributed by atoms with Crippen LogP contribution in [-0.4, -0.2) is 41.8 Å². The molecular weight excluding hydrogens is 318 g/mol. The number of piperidine rings is 1. The maximum atomic E-state index is 12.8. The maximum absolute atomic E-state index is 12.8. The smallest absolute Gasteiger partial charge is 0.255 e. The van der Waals surface area contributed by atoms with E-state index in [4.69, 9.17) is 0 Å². The lowest BCUT2D eigenvalue weighted by Gasteiger charge is -2.29. The Morgan fingerprint density at radius 1 is 1.12 bits per heavy atom. The van der Waals surface area contributed by atoms with Crippen molar-refractivity contribution >= 4 is 23.3 Å². The summed E-state index contributed by atoms with van der Waals surface area (Å²) in [6, 6.07) is 3.35. The van der Waals surface area contributed by atoms with Crippen molar-refractivity contribution in [3.63, 3.8) is 0 Å². The molecule has 3 aliphatic heterocycles. The Balaban J connectivity index is 1.65. The van der Waals surface area contributed by atoms with Gasteiger partial charge in [0.1, 0.15) is 6.04 Å². The summed E-state index contributed by atoms with van der Waals surface area (Å²) in [5.41, 5.74) is 5.31. The topological polar surface area (TPSA) is 78.5 Å². The minimum Gasteiger partial charge on any atom is -0.322 e. The van der Waals surface area contributed by atoms with Crippen LogP contribution in [0.2, 0.25) is 0 Å². The van der Waals surface area contributed by atoms with Gasteiger partial charge in [-0.05, 0) is 54.6 Å². The summed E-state index contributed by atoms with van der Waals surface area (Å²) in [6.07, 6.45) is 3.85. The van der Waals surface area contributed by atoms with Gasteiger partial charge < -0.3 is 10.2 Å². The fraction of sp³-hybridized carbons (Fsp3) is 0.421. The monoisotopic (exact) mass is 339 g/mol. The number of amides is 3. The largest absolute Gasteiger partial charge is 0.322 e. The Bertz CT molecular complexity index is 812. The normalized spacial score (nSPS) is 23.4. The van der Waals surface area contributed by atoms with Gasteiger partial charge in [0.25, 0.3) is 5.91 Å². The Morgan fingerprint density at radius 3 is 2.64 bits per heavy atom. The summed E-state index contributed by atoms with van der Waals surface area (Å²) in [5, 5.41) is 5.65. The van der Waals surface area contributed by atoms with E-state index in [9.17, 15) is 14.4 Å². The minimum atomic E-state index is -0.557. The van der Waals surface area contributed by atoms with Crippen molar-refractivity contribution in [3.05, 3.63) is 40.5 Å². The molecule has 1 unspecified atom stereocenters. The number of hydrogen-bond donors (Lipinski definition) is 2. The molecule has 1 saturated heterocycles. The number of carbonyl (C=O) groups excluding carboxylic acids is 3. The second-order valence-corrected chi connectivity index (χ2v) is 6.85. The van der Waals surface area contributed by atoms with Crippen molar-refractivity contribution in [2.24, 2.45) is 0 Å². The summed E-state index contributed by atoms with van der Waals surface area (Å²) in [5.74, 6) is -0.739. The molecule has 1 fully saturated rings. The number of imide groups is 1. The van der Waals surface area contributed by atoms with E-state index < -0.39 is 6.04 Å². The lowest BCUT2D eigenvalue weighted by Crippen LogP contribution is -2.52. The van der Waals surface area contributed by atoms with Gasteiger partial charge in [0.15, 0.2) is 0 Å². The first-order valence-corrected chi connectivity index (χ1v) is 8.73. The predicted molar refractivity (Wildman–Crippen MR) is 92.7 cm³/mol. The van der Waals surface area contributed by atoms with Crippen LogP contribution in [0.3, 0.4) is 0 Å². The van der Waals surface area contributed by atoms with Crippen molar-refractivity contribution in [1.82, 2.24) is 15.5 Å². The third-order valence-corrected chi connectivity index (χ3v) is 5.41. The highest BCUT2D eigenvalue weighted by molar-refractivity contribution is 6.05. The molecule has 0 saturated carbocycles. The summed E-state index contributed by atoms with van der Waals surface area (Å²) in [6.45, 7) is 4.32. The van der Waals surface area contributed by atoms with E-state index in [1.54, 1.807) is 4.90 Å². The number of hydrogen-bond acceptors (Lipinski definition) is 4. The zero-order chi connectivity index (χ0) is 17.6. The quantitative estimate of drug-likeness (QED) is 0.792. The lowest BCUT2D eigenvalue weighted by molar-refractivity contribution is -0.136. The third-order valence-electron chi connectivity index (χ3n) is 5.41. The van der Waals surface area contributed by atoms with Gasteiger partial charge >= 0.3 is 0 Å². The molecule has 3 amide bonds. The first-order valence-electron chi connectivity index (χ1n) is 8.73. The molecule has 0 aliphatic carbocycles. The summed E-state index contributed by atoms with van der Waals surface area (Å²) in [4.78, 5) is 37.9. The Labute approximate surface area is 146 Å². The number of nitrogens with one attached hydrogen (secondary N) is 2. The van der Waals surface area contributed by atoms with Crippen molar-refractivity contribution < 1.29 is 14.4 Å². The van der Waals surface area contributed by atoms with E-state index in [-0.39, 0.29) is 24.1 Å². The third kappa shape index (κ3) is 2.66. The van der Waals surface area contributed by atoms with Crippen molar-refractivity contribution in [1.29, 1.82) is 0 Å². The average Bonchev–Trinajstić information content (AvgIpc) is 2.94. The molecule has 4 rings (SSSR count). The molecule has 2 N–H and O–H groups in total. The number of rotatable bonds is 2. The average molecular weight is 339 g/mol. The standard InChI is InChI=1S/C19H21N3O3/c1-11-13(12-6-8-20-9-7-12)2-3-14-15(11)10-22(19(14)25)16-4-5-17(23)21-18(16)24/h2-3,6,16,20H,4-5,7-10H2,1H3,(H,21,23,24). The van der Waals surface area contributed by atoms with Crippen LogP contribution in [0.1, 0.15) is 46.3 Å². The molecule has 1 atom stereocenters. The molecule has 3 heterocycles. The minimum absolute atomic E-state index is 0.113. The highest BCUT2D eigenvalue weighted by atomic mass is 16.2. The Hall–Kier alpha value is -2.47. The number of benzene rings is 1. The van der Waals surface area contributed by atoms with Crippen LogP contribution in [0.5, 0.6) is 0 Å². The van der Waals surface area contributed by atoms with E-state index in [1.807, 2.05) is 12.1 Å². The second-order valence-electron chi connectivity index (χ2n) is 6.85. The molecular formula is C19H21N3O3. The fourth-order valence-electron chi connectivity index (χ4n) is 4.00. The zero-order valence-corrected chi connectivity index (χ0v) is 14.2.